The van der Waals surface area contributed by atoms with Gasteiger partial charge in [0, 0.05) is 6.54 Å². The van der Waals surface area contributed by atoms with Gasteiger partial charge in [0.2, 0.25) is 0 Å². The molecule has 76 valence electrons. The number of nitrogens with two attached hydrogens (primary N) is 1. The van der Waals surface area contributed by atoms with Crippen molar-refractivity contribution in [2.24, 2.45) is 5.73 Å². The second-order valence-corrected chi connectivity index (χ2v) is 3.34. The third kappa shape index (κ3) is 3.18. The largest absolute Gasteiger partial charge is 0.426 e. The van der Waals surface area contributed by atoms with E-state index in [1.54, 1.807) is 0 Å². The van der Waals surface area contributed by atoms with Crippen LogP contribution < -0.4 is 10.5 Å². The summed E-state index contributed by atoms with van der Waals surface area (Å²) < 4.78 is 5.10. The van der Waals surface area contributed by atoms with Crippen molar-refractivity contribution in [1.82, 2.24) is 0 Å². The minimum atomic E-state index is -0.280. The van der Waals surface area contributed by atoms with Crippen LogP contribution in [0.25, 0.3) is 0 Å². The standard InChI is InChI=1S/C11H15NO2/c1-8-5-9(2)7-10(6-8)14-11(13)3-4-12/h5-7H,3-4,12H2,1-2H3. The average molecular weight is 193 g/mol. The minimum Gasteiger partial charge on any atom is -0.426 e. The summed E-state index contributed by atoms with van der Waals surface area (Å²) in [4.78, 5) is 11.1. The smallest absolute Gasteiger partial charge is 0.312 e. The molecule has 0 saturated heterocycles. The Morgan fingerprint density at radius 2 is 1.86 bits per heavy atom. The lowest BCUT2D eigenvalue weighted by Crippen LogP contribution is -2.13. The Morgan fingerprint density at radius 3 is 2.36 bits per heavy atom. The summed E-state index contributed by atoms with van der Waals surface area (Å²) in [6.45, 7) is 4.25. The summed E-state index contributed by atoms with van der Waals surface area (Å²) in [6.07, 6.45) is 0.257. The van der Waals surface area contributed by atoms with E-state index in [9.17, 15) is 4.79 Å². The molecule has 0 radical (unpaired) electrons. The average Bonchev–Trinajstić information content (AvgIpc) is 2.01. The summed E-state index contributed by atoms with van der Waals surface area (Å²) in [5.41, 5.74) is 7.41. The molecule has 0 atom stereocenters. The van der Waals surface area contributed by atoms with Crippen LogP contribution in [-0.4, -0.2) is 12.5 Å². The first-order valence-corrected chi connectivity index (χ1v) is 4.61. The molecule has 0 aliphatic carbocycles. The Bertz CT molecular complexity index is 314. The first-order valence-electron chi connectivity index (χ1n) is 4.61. The van der Waals surface area contributed by atoms with E-state index in [1.165, 1.54) is 0 Å². The van der Waals surface area contributed by atoms with Gasteiger partial charge >= 0.3 is 5.97 Å². The number of esters is 1. The van der Waals surface area contributed by atoms with Gasteiger partial charge in [0.15, 0.2) is 0 Å². The zero-order valence-corrected chi connectivity index (χ0v) is 8.54. The molecule has 0 aliphatic rings. The van der Waals surface area contributed by atoms with Gasteiger partial charge in [-0.15, -0.1) is 0 Å². The van der Waals surface area contributed by atoms with E-state index in [1.807, 2.05) is 32.0 Å². The summed E-state index contributed by atoms with van der Waals surface area (Å²) in [5.74, 6) is 0.318. The van der Waals surface area contributed by atoms with Crippen LogP contribution in [0.4, 0.5) is 0 Å². The van der Waals surface area contributed by atoms with Crippen LogP contribution in [0.1, 0.15) is 17.5 Å². The Hall–Kier alpha value is -1.35. The van der Waals surface area contributed by atoms with E-state index in [2.05, 4.69) is 0 Å². The molecule has 1 aromatic carbocycles. The third-order valence-electron chi connectivity index (χ3n) is 1.78. The fourth-order valence-electron chi connectivity index (χ4n) is 1.29. The molecule has 0 aromatic heterocycles. The number of aryl methyl sites for hydroxylation is 2. The molecule has 3 nitrogen and oxygen atoms in total. The molecule has 0 bridgehead atoms. The highest BCUT2D eigenvalue weighted by Gasteiger charge is 2.03. The van der Waals surface area contributed by atoms with Crippen molar-refractivity contribution in [2.75, 3.05) is 6.54 Å². The van der Waals surface area contributed by atoms with Gasteiger partial charge in [0.1, 0.15) is 5.75 Å². The molecule has 2 N–H and O–H groups in total. The summed E-state index contributed by atoms with van der Waals surface area (Å²) in [7, 11) is 0. The first-order chi connectivity index (χ1) is 6.61. The van der Waals surface area contributed by atoms with Crippen molar-refractivity contribution < 1.29 is 9.53 Å². The monoisotopic (exact) mass is 193 g/mol. The maximum atomic E-state index is 11.1. The number of hydrogen-bond acceptors (Lipinski definition) is 3. The lowest BCUT2D eigenvalue weighted by molar-refractivity contribution is -0.134. The molecule has 0 unspecified atom stereocenters. The predicted molar refractivity (Wildman–Crippen MR) is 55.2 cm³/mol. The topological polar surface area (TPSA) is 52.3 Å². The lowest BCUT2D eigenvalue weighted by Gasteiger charge is -2.05. The molecule has 0 fully saturated rings. The van der Waals surface area contributed by atoms with E-state index >= 15 is 0 Å². The van der Waals surface area contributed by atoms with Gasteiger partial charge in [-0.2, -0.15) is 0 Å². The third-order valence-corrected chi connectivity index (χ3v) is 1.78. The van der Waals surface area contributed by atoms with Gasteiger partial charge in [-0.25, -0.2) is 0 Å². The van der Waals surface area contributed by atoms with Gasteiger partial charge in [0.25, 0.3) is 0 Å². The van der Waals surface area contributed by atoms with Crippen LogP contribution in [0.15, 0.2) is 18.2 Å². The normalized spacial score (nSPS) is 9.93. The van der Waals surface area contributed by atoms with Crippen LogP contribution in [0.2, 0.25) is 0 Å². The number of carbonyl (C=O) groups is 1. The second-order valence-electron chi connectivity index (χ2n) is 3.34. The highest BCUT2D eigenvalue weighted by atomic mass is 16.5. The van der Waals surface area contributed by atoms with Crippen LogP contribution >= 0.6 is 0 Å². The summed E-state index contributed by atoms with van der Waals surface area (Å²) in [5, 5.41) is 0. The zero-order chi connectivity index (χ0) is 10.6. The second kappa shape index (κ2) is 4.77. The van der Waals surface area contributed by atoms with Gasteiger partial charge in [-0.3, -0.25) is 4.79 Å². The van der Waals surface area contributed by atoms with Crippen molar-refractivity contribution in [3.63, 3.8) is 0 Å². The Morgan fingerprint density at radius 1 is 1.29 bits per heavy atom. The summed E-state index contributed by atoms with van der Waals surface area (Å²) >= 11 is 0. The van der Waals surface area contributed by atoms with Crippen LogP contribution in [0.5, 0.6) is 5.75 Å². The van der Waals surface area contributed by atoms with E-state index in [0.717, 1.165) is 11.1 Å². The van der Waals surface area contributed by atoms with Crippen molar-refractivity contribution >= 4 is 5.97 Å². The van der Waals surface area contributed by atoms with E-state index in [0.29, 0.717) is 12.3 Å². The van der Waals surface area contributed by atoms with Crippen LogP contribution in [-0.2, 0) is 4.79 Å². The number of hydrogen-bond donors (Lipinski definition) is 1. The van der Waals surface area contributed by atoms with Crippen molar-refractivity contribution in [1.29, 1.82) is 0 Å². The molecule has 0 amide bonds. The Balaban J connectivity index is 2.71. The molecule has 0 heterocycles. The number of rotatable bonds is 3. The predicted octanol–water partition coefficient (Wildman–Crippen LogP) is 1.56. The fourth-order valence-corrected chi connectivity index (χ4v) is 1.29. The van der Waals surface area contributed by atoms with E-state index in [-0.39, 0.29) is 12.4 Å². The maximum Gasteiger partial charge on any atom is 0.312 e. The van der Waals surface area contributed by atoms with Gasteiger partial charge < -0.3 is 10.5 Å². The molecule has 0 aliphatic heterocycles. The van der Waals surface area contributed by atoms with Gasteiger partial charge in [0.05, 0.1) is 6.42 Å². The highest BCUT2D eigenvalue weighted by Crippen LogP contribution is 2.16. The van der Waals surface area contributed by atoms with Crippen LogP contribution in [0.3, 0.4) is 0 Å². The maximum absolute atomic E-state index is 11.1. The fraction of sp³-hybridized carbons (Fsp3) is 0.364. The van der Waals surface area contributed by atoms with Crippen molar-refractivity contribution in [3.05, 3.63) is 29.3 Å². The molecule has 14 heavy (non-hydrogen) atoms. The van der Waals surface area contributed by atoms with Gasteiger partial charge in [-0.1, -0.05) is 6.07 Å². The van der Waals surface area contributed by atoms with E-state index < -0.39 is 0 Å². The molecule has 1 aromatic rings. The summed E-state index contributed by atoms with van der Waals surface area (Å²) in [6, 6.07) is 5.70. The number of carbonyl (C=O) groups excluding carboxylic acids is 1. The molecular formula is C11H15NO2. The van der Waals surface area contributed by atoms with Gasteiger partial charge in [-0.05, 0) is 37.1 Å². The lowest BCUT2D eigenvalue weighted by atomic mass is 10.1. The molecule has 0 spiro atoms. The van der Waals surface area contributed by atoms with Crippen molar-refractivity contribution in [2.45, 2.75) is 20.3 Å². The van der Waals surface area contributed by atoms with Crippen molar-refractivity contribution in [3.8, 4) is 5.75 Å². The zero-order valence-electron chi connectivity index (χ0n) is 8.54. The quantitative estimate of drug-likeness (QED) is 0.585. The Labute approximate surface area is 83.9 Å². The Kier molecular flexibility index (Phi) is 3.65. The highest BCUT2D eigenvalue weighted by molar-refractivity contribution is 5.72. The molecular weight excluding hydrogens is 178 g/mol. The first kappa shape index (κ1) is 10.7. The van der Waals surface area contributed by atoms with E-state index in [4.69, 9.17) is 10.5 Å². The molecule has 0 saturated carbocycles. The number of benzene rings is 1. The molecule has 3 heteroatoms. The SMILES string of the molecule is Cc1cc(C)cc(OC(=O)CCN)c1. The molecule has 1 rings (SSSR count). The number of ether oxygens (including phenoxy) is 1. The minimum absolute atomic E-state index is 0.257. The van der Waals surface area contributed by atoms with Crippen LogP contribution in [0, 0.1) is 13.8 Å².